The molecule has 0 fully saturated rings. The number of carbonyl (C=O) groups excluding carboxylic acids is 6. The molecule has 0 unspecified atom stereocenters. The van der Waals surface area contributed by atoms with E-state index >= 15 is 0 Å². The molecule has 5 aromatic rings. The summed E-state index contributed by atoms with van der Waals surface area (Å²) in [7, 11) is 0. The Hall–Kier alpha value is -8.00. The Labute approximate surface area is 331 Å². The second kappa shape index (κ2) is 20.6. The van der Waals surface area contributed by atoms with Gasteiger partial charge in [0, 0.05) is 12.2 Å². The van der Waals surface area contributed by atoms with Crippen molar-refractivity contribution in [2.75, 3.05) is 26.4 Å². The average molecular weight is 787 g/mol. The van der Waals surface area contributed by atoms with Crippen LogP contribution in [0, 0.1) is 0 Å². The monoisotopic (exact) mass is 786 g/mol. The molecule has 0 radical (unpaired) electrons. The Morgan fingerprint density at radius 3 is 0.914 bits per heavy atom. The fraction of sp³-hybridized carbons (Fsp3) is 0.0909. The van der Waals surface area contributed by atoms with Gasteiger partial charge in [-0.05, 0) is 121 Å². The predicted octanol–water partition coefficient (Wildman–Crippen LogP) is 6.78. The minimum Gasteiger partial charge on any atom is -0.490 e. The highest BCUT2D eigenvalue weighted by molar-refractivity contribution is 5.92. The molecule has 0 aliphatic rings. The molecule has 0 atom stereocenters. The van der Waals surface area contributed by atoms with Gasteiger partial charge in [0.15, 0.2) is 0 Å². The van der Waals surface area contributed by atoms with Crippen molar-refractivity contribution in [1.82, 2.24) is 0 Å². The van der Waals surface area contributed by atoms with Gasteiger partial charge in [0.2, 0.25) is 0 Å². The van der Waals surface area contributed by atoms with E-state index in [-0.39, 0.29) is 71.7 Å². The lowest BCUT2D eigenvalue weighted by atomic mass is 10.2. The maximum atomic E-state index is 12.7. The lowest BCUT2D eigenvalue weighted by Crippen LogP contribution is -2.13. The summed E-state index contributed by atoms with van der Waals surface area (Å²) in [5, 5.41) is 0. The minimum atomic E-state index is -0.629. The quantitative estimate of drug-likeness (QED) is 0.0393. The maximum absolute atomic E-state index is 12.7. The molecular weight excluding hydrogens is 752 g/mol. The Balaban J connectivity index is 0.981. The van der Waals surface area contributed by atoms with Crippen LogP contribution in [-0.2, 0) is 19.1 Å². The van der Waals surface area contributed by atoms with E-state index in [1.54, 1.807) is 24.3 Å². The fourth-order valence-corrected chi connectivity index (χ4v) is 4.67. The van der Waals surface area contributed by atoms with Gasteiger partial charge in [0.1, 0.15) is 60.9 Å². The maximum Gasteiger partial charge on any atom is 0.343 e. The van der Waals surface area contributed by atoms with Crippen molar-refractivity contribution in [2.45, 2.75) is 0 Å². The van der Waals surface area contributed by atoms with Gasteiger partial charge >= 0.3 is 35.8 Å². The zero-order valence-electron chi connectivity index (χ0n) is 30.7. The standard InChI is InChI=1S/C44H34O14/c1-3-39(45)55-35-17-9-29(10-18-35)41(47)53-27-25-51-33-13-5-31(6-14-33)43(49)57-37-21-23-38(24-22-37)58-44(50)32-7-15-34(16-8-32)52-26-28-54-42(48)30-11-19-36(20-12-30)56-40(46)4-2/h3-24H,1-2,25-28H2. The van der Waals surface area contributed by atoms with Crippen molar-refractivity contribution < 1.29 is 66.7 Å². The van der Waals surface area contributed by atoms with Crippen molar-refractivity contribution in [3.63, 3.8) is 0 Å². The predicted molar refractivity (Wildman–Crippen MR) is 205 cm³/mol. The van der Waals surface area contributed by atoms with Crippen molar-refractivity contribution in [3.8, 4) is 34.5 Å². The van der Waals surface area contributed by atoms with Gasteiger partial charge in [-0.2, -0.15) is 0 Å². The Kier molecular flexibility index (Phi) is 14.6. The molecule has 0 spiro atoms. The minimum absolute atomic E-state index is 0.0380. The zero-order chi connectivity index (χ0) is 41.3. The van der Waals surface area contributed by atoms with Gasteiger partial charge in [-0.1, -0.05) is 13.2 Å². The van der Waals surface area contributed by atoms with Crippen molar-refractivity contribution in [2.24, 2.45) is 0 Å². The van der Waals surface area contributed by atoms with Gasteiger partial charge < -0.3 is 37.9 Å². The highest BCUT2D eigenvalue weighted by atomic mass is 16.6. The Morgan fingerprint density at radius 2 is 0.603 bits per heavy atom. The molecule has 5 rings (SSSR count). The molecule has 0 aliphatic carbocycles. The van der Waals surface area contributed by atoms with E-state index in [1.807, 2.05) is 0 Å². The van der Waals surface area contributed by atoms with Gasteiger partial charge in [-0.15, -0.1) is 0 Å². The summed E-state index contributed by atoms with van der Waals surface area (Å²) in [6.45, 7) is 6.68. The molecule has 0 aromatic heterocycles. The normalized spacial score (nSPS) is 10.2. The first-order chi connectivity index (χ1) is 28.1. The Morgan fingerprint density at radius 1 is 0.345 bits per heavy atom. The molecule has 5 aromatic carbocycles. The lowest BCUT2D eigenvalue weighted by molar-refractivity contribution is -0.129. The smallest absolute Gasteiger partial charge is 0.343 e. The second-order valence-corrected chi connectivity index (χ2v) is 11.6. The third-order valence-electron chi connectivity index (χ3n) is 7.55. The molecule has 58 heavy (non-hydrogen) atoms. The first-order valence-corrected chi connectivity index (χ1v) is 17.3. The highest BCUT2D eigenvalue weighted by Crippen LogP contribution is 2.22. The number of hydrogen-bond acceptors (Lipinski definition) is 14. The molecule has 0 N–H and O–H groups in total. The average Bonchev–Trinajstić information content (AvgIpc) is 3.25. The van der Waals surface area contributed by atoms with E-state index in [4.69, 9.17) is 37.9 Å². The van der Waals surface area contributed by atoms with Crippen LogP contribution in [0.5, 0.6) is 34.5 Å². The van der Waals surface area contributed by atoms with E-state index in [0.717, 1.165) is 12.2 Å². The summed E-state index contributed by atoms with van der Waals surface area (Å²) >= 11 is 0. The van der Waals surface area contributed by atoms with Crippen LogP contribution >= 0.6 is 0 Å². The third kappa shape index (κ3) is 12.5. The number of benzene rings is 5. The molecule has 0 saturated carbocycles. The van der Waals surface area contributed by atoms with Crippen LogP contribution in [0.3, 0.4) is 0 Å². The molecule has 14 nitrogen and oxygen atoms in total. The summed E-state index contributed by atoms with van der Waals surface area (Å²) in [6.07, 6.45) is 2.06. The van der Waals surface area contributed by atoms with Crippen molar-refractivity contribution >= 4 is 35.8 Å². The van der Waals surface area contributed by atoms with E-state index in [0.29, 0.717) is 11.5 Å². The van der Waals surface area contributed by atoms with E-state index in [2.05, 4.69) is 13.2 Å². The first kappa shape index (κ1) is 41.2. The fourth-order valence-electron chi connectivity index (χ4n) is 4.67. The van der Waals surface area contributed by atoms with Crippen LogP contribution in [0.25, 0.3) is 0 Å². The number of esters is 6. The van der Waals surface area contributed by atoms with Crippen molar-refractivity contribution in [3.05, 3.63) is 169 Å². The second-order valence-electron chi connectivity index (χ2n) is 11.6. The van der Waals surface area contributed by atoms with E-state index in [9.17, 15) is 28.8 Å². The third-order valence-corrected chi connectivity index (χ3v) is 7.55. The summed E-state index contributed by atoms with van der Waals surface area (Å²) in [6, 6.07) is 29.9. The first-order valence-electron chi connectivity index (χ1n) is 17.3. The van der Waals surface area contributed by atoms with Crippen LogP contribution in [0.4, 0.5) is 0 Å². The van der Waals surface area contributed by atoms with Crippen LogP contribution in [0.1, 0.15) is 41.4 Å². The number of hydrogen-bond donors (Lipinski definition) is 0. The largest absolute Gasteiger partial charge is 0.490 e. The summed E-state index contributed by atoms with van der Waals surface area (Å²) in [4.78, 5) is 72.4. The Bertz CT molecular complexity index is 2080. The number of carbonyl (C=O) groups is 6. The summed E-state index contributed by atoms with van der Waals surface area (Å²) < 4.78 is 42.4. The molecular formula is C44H34O14. The summed E-state index contributed by atoms with van der Waals surface area (Å²) in [5.41, 5.74) is 1.03. The molecule has 294 valence electrons. The van der Waals surface area contributed by atoms with Crippen molar-refractivity contribution in [1.29, 1.82) is 0 Å². The molecule has 0 heterocycles. The van der Waals surface area contributed by atoms with Gasteiger partial charge in [-0.25, -0.2) is 28.8 Å². The molecule has 0 aliphatic heterocycles. The zero-order valence-corrected chi connectivity index (χ0v) is 30.7. The lowest BCUT2D eigenvalue weighted by Gasteiger charge is -2.10. The number of rotatable bonds is 18. The van der Waals surface area contributed by atoms with Crippen LogP contribution in [0.2, 0.25) is 0 Å². The van der Waals surface area contributed by atoms with E-state index in [1.165, 1.54) is 97.1 Å². The molecule has 0 saturated heterocycles. The number of ether oxygens (including phenoxy) is 8. The van der Waals surface area contributed by atoms with Crippen LogP contribution in [-0.4, -0.2) is 62.2 Å². The van der Waals surface area contributed by atoms with Gasteiger partial charge in [-0.3, -0.25) is 0 Å². The highest BCUT2D eigenvalue weighted by Gasteiger charge is 2.14. The van der Waals surface area contributed by atoms with E-state index < -0.39 is 35.8 Å². The SMILES string of the molecule is C=CC(=O)Oc1ccc(C(=O)OCCOc2ccc(C(=O)Oc3ccc(OC(=O)c4ccc(OCCOC(=O)c5ccc(OC(=O)C=C)cc5)cc4)cc3)cc2)cc1. The molecule has 14 heteroatoms. The molecule has 0 bridgehead atoms. The van der Waals surface area contributed by atoms with Crippen LogP contribution < -0.4 is 28.4 Å². The topological polar surface area (TPSA) is 176 Å². The molecule has 0 amide bonds. The summed E-state index contributed by atoms with van der Waals surface area (Å²) in [5.74, 6) is -1.82. The van der Waals surface area contributed by atoms with Crippen LogP contribution in [0.15, 0.2) is 147 Å². The van der Waals surface area contributed by atoms with Gasteiger partial charge in [0.05, 0.1) is 22.3 Å². The van der Waals surface area contributed by atoms with Gasteiger partial charge in [0.25, 0.3) is 0 Å².